The molecule has 1 heterocycles. The SMILES string of the molecule is COCNC(=O)C1CCN(C[C](C)C)CC1. The normalized spacial score (nSPS) is 19.0. The Hall–Kier alpha value is -0.610. The van der Waals surface area contributed by atoms with Gasteiger partial charge in [-0.1, -0.05) is 13.8 Å². The molecular weight excluding hydrogens is 204 g/mol. The third-order valence-electron chi connectivity index (χ3n) is 2.89. The molecule has 0 bridgehead atoms. The zero-order valence-corrected chi connectivity index (χ0v) is 10.6. The third-order valence-corrected chi connectivity index (χ3v) is 2.89. The molecule has 0 aromatic rings. The van der Waals surface area contributed by atoms with Crippen molar-refractivity contribution in [3.8, 4) is 0 Å². The molecule has 1 radical (unpaired) electrons. The molecule has 0 aromatic heterocycles. The average Bonchev–Trinajstić information content (AvgIpc) is 2.26. The van der Waals surface area contributed by atoms with Gasteiger partial charge in [0.25, 0.3) is 0 Å². The summed E-state index contributed by atoms with van der Waals surface area (Å²) in [5.41, 5.74) is 0. The number of likely N-dealkylation sites (tertiary alicyclic amines) is 1. The largest absolute Gasteiger partial charge is 0.364 e. The summed E-state index contributed by atoms with van der Waals surface area (Å²) in [7, 11) is 1.59. The van der Waals surface area contributed by atoms with Gasteiger partial charge in [-0.2, -0.15) is 0 Å². The summed E-state index contributed by atoms with van der Waals surface area (Å²) in [6.07, 6.45) is 1.92. The van der Waals surface area contributed by atoms with Crippen LogP contribution in [0.15, 0.2) is 0 Å². The molecular formula is C12H23N2O2. The number of hydrogen-bond acceptors (Lipinski definition) is 3. The van der Waals surface area contributed by atoms with E-state index in [2.05, 4.69) is 24.1 Å². The van der Waals surface area contributed by atoms with Crippen molar-refractivity contribution in [2.24, 2.45) is 5.92 Å². The Morgan fingerprint density at radius 2 is 2.00 bits per heavy atom. The predicted octanol–water partition coefficient (Wildman–Crippen LogP) is 1.03. The highest BCUT2D eigenvalue weighted by atomic mass is 16.5. The van der Waals surface area contributed by atoms with Gasteiger partial charge in [0.05, 0.1) is 0 Å². The number of nitrogens with one attached hydrogen (secondary N) is 1. The van der Waals surface area contributed by atoms with Gasteiger partial charge in [-0.25, -0.2) is 0 Å². The Morgan fingerprint density at radius 3 is 2.50 bits per heavy atom. The van der Waals surface area contributed by atoms with Gasteiger partial charge >= 0.3 is 0 Å². The maximum absolute atomic E-state index is 11.7. The minimum absolute atomic E-state index is 0.138. The number of methoxy groups -OCH3 is 1. The minimum atomic E-state index is 0.138. The van der Waals surface area contributed by atoms with Gasteiger partial charge in [-0.15, -0.1) is 0 Å². The Bertz CT molecular complexity index is 211. The molecule has 0 saturated carbocycles. The van der Waals surface area contributed by atoms with Crippen LogP contribution in [0.2, 0.25) is 0 Å². The summed E-state index contributed by atoms with van der Waals surface area (Å²) in [6.45, 7) is 7.73. The smallest absolute Gasteiger partial charge is 0.224 e. The van der Waals surface area contributed by atoms with Gasteiger partial charge < -0.3 is 15.0 Å². The third kappa shape index (κ3) is 4.49. The number of carbonyl (C=O) groups excluding carboxylic acids is 1. The van der Waals surface area contributed by atoms with Crippen LogP contribution in [0, 0.1) is 11.8 Å². The van der Waals surface area contributed by atoms with Crippen LogP contribution in [0.3, 0.4) is 0 Å². The first-order valence-corrected chi connectivity index (χ1v) is 5.91. The van der Waals surface area contributed by atoms with Gasteiger partial charge in [0, 0.05) is 19.6 Å². The summed E-state index contributed by atoms with van der Waals surface area (Å²) < 4.78 is 4.83. The minimum Gasteiger partial charge on any atom is -0.364 e. The van der Waals surface area contributed by atoms with E-state index in [1.54, 1.807) is 7.11 Å². The molecule has 4 nitrogen and oxygen atoms in total. The molecule has 1 amide bonds. The highest BCUT2D eigenvalue weighted by Crippen LogP contribution is 2.18. The lowest BCUT2D eigenvalue weighted by atomic mass is 9.95. The van der Waals surface area contributed by atoms with Crippen molar-refractivity contribution in [2.45, 2.75) is 26.7 Å². The second-order valence-electron chi connectivity index (χ2n) is 4.73. The maximum atomic E-state index is 11.7. The first-order chi connectivity index (χ1) is 7.63. The van der Waals surface area contributed by atoms with Gasteiger partial charge in [-0.05, 0) is 31.8 Å². The van der Waals surface area contributed by atoms with Crippen LogP contribution in [0.25, 0.3) is 0 Å². The van der Waals surface area contributed by atoms with E-state index >= 15 is 0 Å². The molecule has 1 aliphatic heterocycles. The molecule has 1 fully saturated rings. The molecule has 93 valence electrons. The van der Waals surface area contributed by atoms with Crippen LogP contribution in [-0.4, -0.2) is 44.3 Å². The van der Waals surface area contributed by atoms with Crippen molar-refractivity contribution in [3.05, 3.63) is 5.92 Å². The van der Waals surface area contributed by atoms with Crippen molar-refractivity contribution < 1.29 is 9.53 Å². The molecule has 0 unspecified atom stereocenters. The lowest BCUT2D eigenvalue weighted by Crippen LogP contribution is -2.41. The highest BCUT2D eigenvalue weighted by molar-refractivity contribution is 5.78. The van der Waals surface area contributed by atoms with Crippen LogP contribution in [0.4, 0.5) is 0 Å². The number of ether oxygens (including phenoxy) is 1. The van der Waals surface area contributed by atoms with E-state index in [1.807, 2.05) is 0 Å². The van der Waals surface area contributed by atoms with E-state index in [1.165, 1.54) is 5.92 Å². The average molecular weight is 227 g/mol. The van der Waals surface area contributed by atoms with Crippen LogP contribution >= 0.6 is 0 Å². The van der Waals surface area contributed by atoms with Crippen LogP contribution in [0.1, 0.15) is 26.7 Å². The fourth-order valence-electron chi connectivity index (χ4n) is 2.09. The van der Waals surface area contributed by atoms with E-state index in [0.29, 0.717) is 6.73 Å². The van der Waals surface area contributed by atoms with E-state index in [4.69, 9.17) is 4.74 Å². The maximum Gasteiger partial charge on any atom is 0.224 e. The predicted molar refractivity (Wildman–Crippen MR) is 63.8 cm³/mol. The Morgan fingerprint density at radius 1 is 1.38 bits per heavy atom. The number of piperidine rings is 1. The summed E-state index contributed by atoms with van der Waals surface area (Å²) in [5, 5.41) is 2.77. The van der Waals surface area contributed by atoms with Gasteiger partial charge in [-0.3, -0.25) is 4.79 Å². The first-order valence-electron chi connectivity index (χ1n) is 5.91. The second kappa shape index (κ2) is 6.86. The van der Waals surface area contributed by atoms with Crippen molar-refractivity contribution in [1.82, 2.24) is 10.2 Å². The Balaban J connectivity index is 2.23. The molecule has 16 heavy (non-hydrogen) atoms. The summed E-state index contributed by atoms with van der Waals surface area (Å²) in [4.78, 5) is 14.1. The molecule has 1 rings (SSSR count). The lowest BCUT2D eigenvalue weighted by Gasteiger charge is -2.32. The van der Waals surface area contributed by atoms with Crippen molar-refractivity contribution in [2.75, 3.05) is 33.5 Å². The van der Waals surface area contributed by atoms with Crippen molar-refractivity contribution in [1.29, 1.82) is 0 Å². The Labute approximate surface area is 98.3 Å². The fourth-order valence-corrected chi connectivity index (χ4v) is 2.09. The van der Waals surface area contributed by atoms with E-state index in [-0.39, 0.29) is 11.8 Å². The summed E-state index contributed by atoms with van der Waals surface area (Å²) in [6, 6.07) is 0. The summed E-state index contributed by atoms with van der Waals surface area (Å²) >= 11 is 0. The van der Waals surface area contributed by atoms with E-state index in [9.17, 15) is 4.79 Å². The van der Waals surface area contributed by atoms with Crippen molar-refractivity contribution >= 4 is 5.91 Å². The molecule has 0 aromatic carbocycles. The molecule has 0 atom stereocenters. The van der Waals surface area contributed by atoms with Crippen LogP contribution < -0.4 is 5.32 Å². The van der Waals surface area contributed by atoms with Gasteiger partial charge in [0.15, 0.2) is 0 Å². The van der Waals surface area contributed by atoms with Gasteiger partial charge in [0.2, 0.25) is 5.91 Å². The number of nitrogens with zero attached hydrogens (tertiary/aromatic N) is 1. The van der Waals surface area contributed by atoms with Crippen molar-refractivity contribution in [3.63, 3.8) is 0 Å². The number of hydrogen-bond donors (Lipinski definition) is 1. The van der Waals surface area contributed by atoms with E-state index < -0.39 is 0 Å². The molecule has 0 aliphatic carbocycles. The molecule has 1 saturated heterocycles. The fraction of sp³-hybridized carbons (Fsp3) is 0.833. The molecule has 4 heteroatoms. The quantitative estimate of drug-likeness (QED) is 0.713. The van der Waals surface area contributed by atoms with Crippen LogP contribution in [0.5, 0.6) is 0 Å². The van der Waals surface area contributed by atoms with Gasteiger partial charge in [0.1, 0.15) is 6.73 Å². The monoisotopic (exact) mass is 227 g/mol. The second-order valence-corrected chi connectivity index (χ2v) is 4.73. The number of carbonyl (C=O) groups is 1. The highest BCUT2D eigenvalue weighted by Gasteiger charge is 2.24. The first kappa shape index (κ1) is 13.5. The molecule has 1 N–H and O–H groups in total. The summed E-state index contributed by atoms with van der Waals surface area (Å²) in [5.74, 6) is 1.74. The number of amides is 1. The van der Waals surface area contributed by atoms with E-state index in [0.717, 1.165) is 32.5 Å². The Kier molecular flexibility index (Phi) is 5.77. The van der Waals surface area contributed by atoms with Crippen LogP contribution in [-0.2, 0) is 9.53 Å². The topological polar surface area (TPSA) is 41.6 Å². The zero-order valence-electron chi connectivity index (χ0n) is 10.6. The standard InChI is InChI=1S/C12H23N2O2/c1-10(2)8-14-6-4-11(5-7-14)12(15)13-9-16-3/h11H,4-9H2,1-3H3,(H,13,15). The molecule has 0 spiro atoms. The molecule has 1 aliphatic rings. The number of rotatable bonds is 5. The lowest BCUT2D eigenvalue weighted by molar-refractivity contribution is -0.127. The zero-order chi connectivity index (χ0) is 12.0.